The number of nitrogens with zero attached hydrogens (tertiary/aromatic N) is 1. The molecule has 0 amide bonds. The van der Waals surface area contributed by atoms with Crippen molar-refractivity contribution in [1.29, 1.82) is 5.41 Å². The number of unbranched alkanes of at least 4 members (excludes halogenated alkanes) is 1. The first-order valence-electron chi connectivity index (χ1n) is 3.86. The third-order valence-corrected chi connectivity index (χ3v) is 1.85. The molecule has 0 saturated carbocycles. The molecule has 0 aliphatic carbocycles. The zero-order chi connectivity index (χ0) is 10.5. The van der Waals surface area contributed by atoms with Gasteiger partial charge in [0.25, 0.3) is 0 Å². The van der Waals surface area contributed by atoms with Gasteiger partial charge in [-0.25, -0.2) is 4.99 Å². The van der Waals surface area contributed by atoms with E-state index in [1.807, 2.05) is 6.92 Å². The normalized spacial score (nSPS) is 13.1. The van der Waals surface area contributed by atoms with Crippen molar-refractivity contribution in [2.24, 2.45) is 10.7 Å². The van der Waals surface area contributed by atoms with Gasteiger partial charge in [-0.05, 0) is 6.42 Å². The molecule has 0 fully saturated rings. The predicted molar refractivity (Wildman–Crippen MR) is 59.2 cm³/mol. The third kappa shape index (κ3) is 6.13. The molecule has 0 rings (SSSR count). The number of hydrogen-bond acceptors (Lipinski definition) is 1. The van der Waals surface area contributed by atoms with Crippen molar-refractivity contribution in [3.05, 3.63) is 0 Å². The van der Waals surface area contributed by atoms with Crippen LogP contribution in [-0.2, 0) is 0 Å². The fourth-order valence-corrected chi connectivity index (χ4v) is 0.748. The van der Waals surface area contributed by atoms with Crippen LogP contribution in [0.2, 0.25) is 0 Å². The molecule has 0 radical (unpaired) electrons. The molecule has 3 nitrogen and oxygen atoms in total. The lowest BCUT2D eigenvalue weighted by molar-refractivity contribution is 0.831. The smallest absolute Gasteiger partial charge is 0.249 e. The van der Waals surface area contributed by atoms with E-state index in [1.54, 1.807) is 0 Å². The van der Waals surface area contributed by atoms with E-state index < -0.39 is 3.79 Å². The van der Waals surface area contributed by atoms with E-state index in [0.717, 1.165) is 12.8 Å². The number of halogens is 3. The van der Waals surface area contributed by atoms with Gasteiger partial charge in [-0.15, -0.1) is 0 Å². The van der Waals surface area contributed by atoms with Crippen LogP contribution in [0.25, 0.3) is 0 Å². The first-order valence-corrected chi connectivity index (χ1v) is 5.00. The lowest BCUT2D eigenvalue weighted by Gasteiger charge is -2.08. The summed E-state index contributed by atoms with van der Waals surface area (Å²) in [4.78, 5) is 3.67. The quantitative estimate of drug-likeness (QED) is 0.447. The Bertz CT molecular complexity index is 208. The molecule has 0 bridgehead atoms. The minimum Gasteiger partial charge on any atom is -0.387 e. The number of rotatable bonds is 3. The summed E-state index contributed by atoms with van der Waals surface area (Å²) in [6.07, 6.45) is 2.55. The Morgan fingerprint density at radius 3 is 2.38 bits per heavy atom. The summed E-state index contributed by atoms with van der Waals surface area (Å²) in [5.41, 5.74) is 5.49. The monoisotopic (exact) mass is 243 g/mol. The molecule has 3 N–H and O–H groups in total. The Hall–Kier alpha value is 0.01000. The van der Waals surface area contributed by atoms with Gasteiger partial charge >= 0.3 is 0 Å². The highest BCUT2D eigenvalue weighted by molar-refractivity contribution is 6.76. The lowest BCUT2D eigenvalue weighted by Crippen LogP contribution is -2.21. The van der Waals surface area contributed by atoms with Crippen molar-refractivity contribution in [2.45, 2.75) is 30.0 Å². The lowest BCUT2D eigenvalue weighted by atomic mass is 10.2. The highest BCUT2D eigenvalue weighted by Crippen LogP contribution is 2.27. The average molecular weight is 245 g/mol. The maximum absolute atomic E-state index is 7.24. The van der Waals surface area contributed by atoms with Crippen molar-refractivity contribution in [1.82, 2.24) is 0 Å². The molecule has 76 valence electrons. The first-order chi connectivity index (χ1) is 5.88. The van der Waals surface area contributed by atoms with Crippen LogP contribution in [-0.4, -0.2) is 15.5 Å². The van der Waals surface area contributed by atoms with Gasteiger partial charge in [0.1, 0.15) is 5.84 Å². The van der Waals surface area contributed by atoms with Gasteiger partial charge < -0.3 is 5.73 Å². The number of nitrogens with one attached hydrogen (secondary N) is 1. The van der Waals surface area contributed by atoms with Gasteiger partial charge in [-0.3, -0.25) is 5.41 Å². The van der Waals surface area contributed by atoms with Crippen molar-refractivity contribution in [2.75, 3.05) is 0 Å². The van der Waals surface area contributed by atoms with Crippen LogP contribution in [0.5, 0.6) is 0 Å². The highest BCUT2D eigenvalue weighted by Gasteiger charge is 2.26. The maximum atomic E-state index is 7.24. The third-order valence-electron chi connectivity index (χ3n) is 1.31. The molecule has 0 aliphatic heterocycles. The zero-order valence-corrected chi connectivity index (χ0v) is 9.55. The van der Waals surface area contributed by atoms with Gasteiger partial charge in [0.15, 0.2) is 5.84 Å². The molecule has 0 saturated heterocycles. The average Bonchev–Trinajstić information content (AvgIpc) is 1.99. The molecular formula is C7H12Cl3N3. The minimum atomic E-state index is -1.78. The summed E-state index contributed by atoms with van der Waals surface area (Å²) in [6, 6.07) is 0. The van der Waals surface area contributed by atoms with Crippen LogP contribution in [0.4, 0.5) is 0 Å². The van der Waals surface area contributed by atoms with E-state index in [4.69, 9.17) is 45.9 Å². The Balaban J connectivity index is 4.15. The number of aliphatic imine (C=N–C) groups is 1. The summed E-state index contributed by atoms with van der Waals surface area (Å²) in [5, 5.41) is 7.24. The Kier molecular flexibility index (Phi) is 5.68. The molecular weight excluding hydrogens is 232 g/mol. The SMILES string of the molecule is CCCCC(N)=NC(=N)C(Cl)(Cl)Cl. The number of alkyl halides is 3. The van der Waals surface area contributed by atoms with E-state index in [-0.39, 0.29) is 5.84 Å². The van der Waals surface area contributed by atoms with E-state index in [2.05, 4.69) is 4.99 Å². The van der Waals surface area contributed by atoms with E-state index in [1.165, 1.54) is 0 Å². The van der Waals surface area contributed by atoms with E-state index in [9.17, 15) is 0 Å². The summed E-state index contributed by atoms with van der Waals surface area (Å²) in [7, 11) is 0. The molecule has 0 aromatic rings. The summed E-state index contributed by atoms with van der Waals surface area (Å²) in [6.45, 7) is 2.04. The maximum Gasteiger partial charge on any atom is 0.249 e. The number of amidine groups is 2. The molecule has 0 aliphatic rings. The number of nitrogens with two attached hydrogens (primary N) is 1. The van der Waals surface area contributed by atoms with Gasteiger partial charge in [-0.2, -0.15) is 0 Å². The molecule has 0 atom stereocenters. The fourth-order valence-electron chi connectivity index (χ4n) is 0.621. The topological polar surface area (TPSA) is 62.2 Å². The second-order valence-corrected chi connectivity index (χ2v) is 4.83. The molecule has 0 spiro atoms. The van der Waals surface area contributed by atoms with Crippen LogP contribution < -0.4 is 5.73 Å². The molecule has 0 aromatic heterocycles. The van der Waals surface area contributed by atoms with Gasteiger partial charge in [0, 0.05) is 6.42 Å². The van der Waals surface area contributed by atoms with Crippen LogP contribution >= 0.6 is 34.8 Å². The van der Waals surface area contributed by atoms with Crippen LogP contribution in [0.15, 0.2) is 4.99 Å². The zero-order valence-electron chi connectivity index (χ0n) is 7.28. The van der Waals surface area contributed by atoms with Crippen molar-refractivity contribution in [3.63, 3.8) is 0 Å². The molecule has 13 heavy (non-hydrogen) atoms. The molecule has 6 heteroatoms. The number of hydrogen-bond donors (Lipinski definition) is 2. The predicted octanol–water partition coefficient (Wildman–Crippen LogP) is 2.88. The largest absolute Gasteiger partial charge is 0.387 e. The minimum absolute atomic E-state index is 0.332. The van der Waals surface area contributed by atoms with Crippen molar-refractivity contribution >= 4 is 46.5 Å². The second-order valence-electron chi connectivity index (χ2n) is 2.55. The standard InChI is InChI=1S/C7H12Cl3N3/c1-2-3-4-5(11)13-6(12)7(8,9)10/h2-4H2,1H3,(H3,11,12,13). The van der Waals surface area contributed by atoms with E-state index in [0.29, 0.717) is 12.3 Å². The second kappa shape index (κ2) is 5.68. The van der Waals surface area contributed by atoms with Gasteiger partial charge in [-0.1, -0.05) is 48.1 Å². The fraction of sp³-hybridized carbons (Fsp3) is 0.714. The van der Waals surface area contributed by atoms with E-state index >= 15 is 0 Å². The Labute approximate surface area is 92.8 Å². The molecule has 0 unspecified atom stereocenters. The first kappa shape index (κ1) is 13.0. The van der Waals surface area contributed by atoms with Gasteiger partial charge in [0.05, 0.1) is 0 Å². The summed E-state index contributed by atoms with van der Waals surface area (Å²) < 4.78 is -1.78. The molecule has 0 aromatic carbocycles. The highest BCUT2D eigenvalue weighted by atomic mass is 35.6. The van der Waals surface area contributed by atoms with Crippen molar-refractivity contribution in [3.8, 4) is 0 Å². The Morgan fingerprint density at radius 2 is 2.00 bits per heavy atom. The van der Waals surface area contributed by atoms with Crippen LogP contribution in [0, 0.1) is 5.41 Å². The molecule has 0 heterocycles. The van der Waals surface area contributed by atoms with Crippen molar-refractivity contribution < 1.29 is 0 Å². The Morgan fingerprint density at radius 1 is 1.46 bits per heavy atom. The summed E-state index contributed by atoms with van der Waals surface area (Å²) >= 11 is 16.2. The summed E-state index contributed by atoms with van der Waals surface area (Å²) in [5.74, 6) is -0.00993. The van der Waals surface area contributed by atoms with Gasteiger partial charge in [0.2, 0.25) is 3.79 Å². The van der Waals surface area contributed by atoms with Crippen LogP contribution in [0.3, 0.4) is 0 Å². The van der Waals surface area contributed by atoms with Crippen LogP contribution in [0.1, 0.15) is 26.2 Å².